The molecule has 1 aliphatic heterocycles. The minimum absolute atomic E-state index is 0.127. The van der Waals surface area contributed by atoms with E-state index >= 15 is 0 Å². The number of rotatable bonds is 5. The zero-order chi connectivity index (χ0) is 20.4. The first-order valence-corrected chi connectivity index (χ1v) is 10.4. The summed E-state index contributed by atoms with van der Waals surface area (Å²) in [6, 6.07) is 12.0. The average molecular weight is 394 g/mol. The van der Waals surface area contributed by atoms with Gasteiger partial charge in [-0.3, -0.25) is 0 Å². The molecule has 1 aliphatic rings. The van der Waals surface area contributed by atoms with E-state index < -0.39 is 0 Å². The fraction of sp³-hybridized carbons (Fsp3) is 0.375. The lowest BCUT2D eigenvalue weighted by Crippen LogP contribution is -3.11. The summed E-state index contributed by atoms with van der Waals surface area (Å²) < 4.78 is 5.52. The number of phenols is 1. The molecule has 0 unspecified atom stereocenters. The molecule has 4 rings (SSSR count). The maximum atomic E-state index is 12.1. The van der Waals surface area contributed by atoms with Crippen molar-refractivity contribution in [1.82, 2.24) is 0 Å². The van der Waals surface area contributed by atoms with Crippen molar-refractivity contribution in [3.05, 3.63) is 69.1 Å². The Morgan fingerprint density at radius 1 is 1.00 bits per heavy atom. The molecule has 29 heavy (non-hydrogen) atoms. The van der Waals surface area contributed by atoms with E-state index in [9.17, 15) is 9.90 Å². The number of benzene rings is 2. The molecule has 1 saturated heterocycles. The molecule has 152 valence electrons. The number of aromatic hydroxyl groups is 1. The van der Waals surface area contributed by atoms with Crippen LogP contribution in [0.2, 0.25) is 0 Å². The average Bonchev–Trinajstić information content (AvgIpc) is 2.73. The minimum atomic E-state index is -0.355. The Balaban J connectivity index is 1.51. The first-order valence-electron chi connectivity index (χ1n) is 10.4. The van der Waals surface area contributed by atoms with Crippen molar-refractivity contribution in [2.45, 2.75) is 46.2 Å². The van der Waals surface area contributed by atoms with E-state index in [0.717, 1.165) is 23.2 Å². The van der Waals surface area contributed by atoms with E-state index in [4.69, 9.17) is 4.42 Å². The molecule has 0 aliphatic carbocycles. The predicted molar refractivity (Wildman–Crippen MR) is 116 cm³/mol. The van der Waals surface area contributed by atoms with Crippen LogP contribution in [0.1, 0.15) is 41.5 Å². The first-order chi connectivity index (χ1) is 14.0. The number of phenolic OH excluding ortho intramolecular Hbond substituents is 1. The van der Waals surface area contributed by atoms with Gasteiger partial charge >= 0.3 is 5.63 Å². The number of piperidine rings is 1. The van der Waals surface area contributed by atoms with E-state index in [1.807, 2.05) is 6.92 Å². The Labute approximate surface area is 171 Å². The normalized spacial score (nSPS) is 15.0. The third-order valence-corrected chi connectivity index (χ3v) is 6.14. The Hall–Kier alpha value is -2.79. The number of fused-ring (bicyclic) bond motifs is 1. The summed E-state index contributed by atoms with van der Waals surface area (Å²) in [6.45, 7) is 7.67. The Bertz CT molecular complexity index is 1060. The van der Waals surface area contributed by atoms with Crippen LogP contribution < -0.4 is 15.8 Å². The van der Waals surface area contributed by atoms with Gasteiger partial charge in [0, 0.05) is 28.7 Å². The third-order valence-electron chi connectivity index (χ3n) is 6.14. The molecule has 5 nitrogen and oxygen atoms in total. The Morgan fingerprint density at radius 2 is 1.72 bits per heavy atom. The minimum Gasteiger partial charge on any atom is -0.507 e. The summed E-state index contributed by atoms with van der Waals surface area (Å²) in [5.74, 6) is 0.127. The fourth-order valence-electron chi connectivity index (χ4n) is 4.17. The molecule has 0 atom stereocenters. The zero-order valence-corrected chi connectivity index (χ0v) is 17.2. The van der Waals surface area contributed by atoms with Crippen LogP contribution in [0.4, 0.5) is 5.69 Å². The topological polar surface area (TPSA) is 66.9 Å². The molecule has 0 saturated carbocycles. The van der Waals surface area contributed by atoms with Gasteiger partial charge in [0.1, 0.15) is 17.9 Å². The number of anilines is 1. The van der Waals surface area contributed by atoms with Crippen molar-refractivity contribution >= 4 is 16.7 Å². The van der Waals surface area contributed by atoms with Gasteiger partial charge in [0.05, 0.1) is 18.7 Å². The van der Waals surface area contributed by atoms with Crippen molar-refractivity contribution in [3.8, 4) is 5.75 Å². The summed E-state index contributed by atoms with van der Waals surface area (Å²) in [4.78, 5) is 13.8. The number of hydrogen-bond donors (Lipinski definition) is 3. The molecule has 0 radical (unpaired) electrons. The van der Waals surface area contributed by atoms with Crippen LogP contribution in [-0.4, -0.2) is 18.2 Å². The smallest absolute Gasteiger partial charge is 0.339 e. The fourth-order valence-corrected chi connectivity index (χ4v) is 4.17. The van der Waals surface area contributed by atoms with Crippen LogP contribution >= 0.6 is 0 Å². The highest BCUT2D eigenvalue weighted by Gasteiger charge is 2.15. The van der Waals surface area contributed by atoms with Crippen LogP contribution in [0.15, 0.2) is 45.6 Å². The number of nitrogens with one attached hydrogen (secondary N) is 2. The molecular weight excluding hydrogens is 364 g/mol. The van der Waals surface area contributed by atoms with Gasteiger partial charge in [-0.05, 0) is 62.9 Å². The monoisotopic (exact) mass is 393 g/mol. The highest BCUT2D eigenvalue weighted by Crippen LogP contribution is 2.29. The lowest BCUT2D eigenvalue weighted by molar-refractivity contribution is -0.918. The van der Waals surface area contributed by atoms with E-state index in [2.05, 4.69) is 29.6 Å². The standard InChI is InChI=1S/C24H28N2O3/c1-16-17(2)24(28)29-23-20(16)10-11-22(27)21(23)14-25-19-8-6-18(7-9-19)15-26-12-4-3-5-13-26/h6-11,25,27H,3-5,12-15H2,1-2H3/p+1. The molecule has 3 aromatic rings. The molecule has 1 fully saturated rings. The first kappa shape index (κ1) is 19.5. The summed E-state index contributed by atoms with van der Waals surface area (Å²) in [5.41, 5.74) is 4.52. The molecular formula is C24H29N2O3+. The number of quaternary nitrogens is 1. The van der Waals surface area contributed by atoms with E-state index in [0.29, 0.717) is 23.3 Å². The van der Waals surface area contributed by atoms with Crippen LogP contribution in [0, 0.1) is 13.8 Å². The highest BCUT2D eigenvalue weighted by molar-refractivity contribution is 5.85. The van der Waals surface area contributed by atoms with Crippen molar-refractivity contribution in [2.24, 2.45) is 0 Å². The van der Waals surface area contributed by atoms with E-state index in [1.165, 1.54) is 37.9 Å². The molecule has 0 bridgehead atoms. The molecule has 3 N–H and O–H groups in total. The van der Waals surface area contributed by atoms with Crippen molar-refractivity contribution in [2.75, 3.05) is 18.4 Å². The van der Waals surface area contributed by atoms with Gasteiger partial charge in [-0.2, -0.15) is 0 Å². The largest absolute Gasteiger partial charge is 0.507 e. The maximum absolute atomic E-state index is 12.1. The second-order valence-electron chi connectivity index (χ2n) is 8.12. The van der Waals surface area contributed by atoms with Crippen molar-refractivity contribution in [1.29, 1.82) is 0 Å². The van der Waals surface area contributed by atoms with E-state index in [1.54, 1.807) is 24.0 Å². The van der Waals surface area contributed by atoms with Crippen LogP contribution in [0.25, 0.3) is 11.0 Å². The van der Waals surface area contributed by atoms with E-state index in [-0.39, 0.29) is 11.4 Å². The highest BCUT2D eigenvalue weighted by atomic mass is 16.4. The SMILES string of the molecule is Cc1c(C)c2ccc(O)c(CNc3ccc(C[NH+]4CCCCC4)cc3)c2oc1=O. The van der Waals surface area contributed by atoms with Gasteiger partial charge in [-0.1, -0.05) is 12.1 Å². The van der Waals surface area contributed by atoms with Gasteiger partial charge in [0.2, 0.25) is 0 Å². The molecule has 0 spiro atoms. The summed E-state index contributed by atoms with van der Waals surface area (Å²) >= 11 is 0. The summed E-state index contributed by atoms with van der Waals surface area (Å²) in [6.07, 6.45) is 4.03. The van der Waals surface area contributed by atoms with Crippen molar-refractivity contribution in [3.63, 3.8) is 0 Å². The molecule has 2 heterocycles. The number of likely N-dealkylation sites (tertiary alicyclic amines) is 1. The van der Waals surface area contributed by atoms with Crippen LogP contribution in [0.3, 0.4) is 0 Å². The quantitative estimate of drug-likeness (QED) is 0.582. The van der Waals surface area contributed by atoms with Crippen molar-refractivity contribution < 1.29 is 14.4 Å². The van der Waals surface area contributed by atoms with Gasteiger partial charge in [0.15, 0.2) is 0 Å². The van der Waals surface area contributed by atoms with Gasteiger partial charge < -0.3 is 19.7 Å². The molecule has 5 heteroatoms. The van der Waals surface area contributed by atoms with Crippen LogP contribution in [-0.2, 0) is 13.1 Å². The predicted octanol–water partition coefficient (Wildman–Crippen LogP) is 3.30. The zero-order valence-electron chi connectivity index (χ0n) is 17.2. The van der Waals surface area contributed by atoms with Gasteiger partial charge in [0.25, 0.3) is 0 Å². The maximum Gasteiger partial charge on any atom is 0.339 e. The summed E-state index contributed by atoms with van der Waals surface area (Å²) in [5, 5.41) is 14.6. The van der Waals surface area contributed by atoms with Gasteiger partial charge in [-0.15, -0.1) is 0 Å². The Kier molecular flexibility index (Phi) is 5.58. The third kappa shape index (κ3) is 4.15. The Morgan fingerprint density at radius 3 is 2.45 bits per heavy atom. The molecule has 0 amide bonds. The number of aryl methyl sites for hydroxylation is 1. The lowest BCUT2D eigenvalue weighted by Gasteiger charge is -2.23. The second-order valence-corrected chi connectivity index (χ2v) is 8.12. The lowest BCUT2D eigenvalue weighted by atomic mass is 10.0. The number of hydrogen-bond acceptors (Lipinski definition) is 4. The molecule has 1 aromatic heterocycles. The summed E-state index contributed by atoms with van der Waals surface area (Å²) in [7, 11) is 0. The van der Waals surface area contributed by atoms with Gasteiger partial charge in [-0.25, -0.2) is 4.79 Å². The second kappa shape index (κ2) is 8.29. The molecule has 2 aromatic carbocycles. The van der Waals surface area contributed by atoms with Crippen LogP contribution in [0.5, 0.6) is 5.75 Å².